The molecule has 1 heterocycles. The Balaban J connectivity index is 1.60. The van der Waals surface area contributed by atoms with Gasteiger partial charge in [0.15, 0.2) is 5.43 Å². The van der Waals surface area contributed by atoms with Crippen molar-refractivity contribution in [2.45, 2.75) is 13.3 Å². The number of anilines is 1. The highest BCUT2D eigenvalue weighted by Crippen LogP contribution is 2.24. The number of benzene rings is 3. The molecule has 3 aromatic carbocycles. The van der Waals surface area contributed by atoms with E-state index < -0.39 is 0 Å². The maximum absolute atomic E-state index is 12.6. The average molecular weight is 369 g/mol. The lowest BCUT2D eigenvalue weighted by Crippen LogP contribution is -2.14. The van der Waals surface area contributed by atoms with Gasteiger partial charge >= 0.3 is 0 Å². The molecule has 0 aliphatic heterocycles. The lowest BCUT2D eigenvalue weighted by atomic mass is 10.1. The summed E-state index contributed by atoms with van der Waals surface area (Å²) in [6.45, 7) is 2.01. The number of nitrogens with one attached hydrogen (secondary N) is 1. The topological polar surface area (TPSA) is 59.3 Å². The minimum atomic E-state index is -0.143. The van der Waals surface area contributed by atoms with E-state index in [1.165, 1.54) is 6.07 Å². The summed E-state index contributed by atoms with van der Waals surface area (Å²) < 4.78 is 5.91. The molecule has 0 unspecified atom stereocenters. The van der Waals surface area contributed by atoms with E-state index in [4.69, 9.17) is 4.42 Å². The lowest BCUT2D eigenvalue weighted by Gasteiger charge is -2.08. The molecule has 1 amide bonds. The molecule has 28 heavy (non-hydrogen) atoms. The van der Waals surface area contributed by atoms with Gasteiger partial charge in [-0.15, -0.1) is 0 Å². The summed E-state index contributed by atoms with van der Waals surface area (Å²) in [6.07, 6.45) is 0.278. The molecule has 0 aliphatic rings. The van der Waals surface area contributed by atoms with Crippen LogP contribution in [0, 0.1) is 6.92 Å². The Bertz CT molecular complexity index is 1190. The summed E-state index contributed by atoms with van der Waals surface area (Å²) in [7, 11) is 0. The number of carbonyl (C=O) groups excluding carboxylic acids is 1. The van der Waals surface area contributed by atoms with Crippen LogP contribution in [0.3, 0.4) is 0 Å². The quantitative estimate of drug-likeness (QED) is 0.554. The zero-order valence-electron chi connectivity index (χ0n) is 15.4. The third-order valence-corrected chi connectivity index (χ3v) is 4.55. The number of hydrogen-bond donors (Lipinski definition) is 1. The molecule has 1 aromatic heterocycles. The van der Waals surface area contributed by atoms with Gasteiger partial charge in [-0.1, -0.05) is 60.2 Å². The highest BCUT2D eigenvalue weighted by atomic mass is 16.3. The number of hydrogen-bond acceptors (Lipinski definition) is 3. The minimum absolute atomic E-state index is 0.133. The molecule has 0 fully saturated rings. The normalized spacial score (nSPS) is 10.8. The van der Waals surface area contributed by atoms with Crippen LogP contribution in [0.15, 0.2) is 88.1 Å². The third-order valence-electron chi connectivity index (χ3n) is 4.55. The van der Waals surface area contributed by atoms with Crippen LogP contribution in [0.25, 0.3) is 22.3 Å². The molecule has 0 bridgehead atoms. The molecule has 0 saturated carbocycles. The maximum Gasteiger partial charge on any atom is 0.228 e. The zero-order chi connectivity index (χ0) is 19.5. The van der Waals surface area contributed by atoms with E-state index in [1.807, 2.05) is 61.5 Å². The first-order valence-corrected chi connectivity index (χ1v) is 9.07. The van der Waals surface area contributed by atoms with Gasteiger partial charge in [-0.3, -0.25) is 9.59 Å². The molecule has 4 rings (SSSR count). The van der Waals surface area contributed by atoms with Gasteiger partial charge in [0.05, 0.1) is 11.8 Å². The largest absolute Gasteiger partial charge is 0.456 e. The summed E-state index contributed by atoms with van der Waals surface area (Å²) in [5.74, 6) is 0.393. The Hall–Kier alpha value is -3.66. The molecular formula is C24H19NO3. The van der Waals surface area contributed by atoms with Crippen LogP contribution < -0.4 is 10.7 Å². The van der Waals surface area contributed by atoms with Gasteiger partial charge in [0.25, 0.3) is 0 Å². The van der Waals surface area contributed by atoms with Crippen molar-refractivity contribution < 1.29 is 9.21 Å². The number of amides is 1. The Morgan fingerprint density at radius 3 is 2.43 bits per heavy atom. The van der Waals surface area contributed by atoms with Gasteiger partial charge < -0.3 is 9.73 Å². The molecule has 4 heteroatoms. The molecule has 138 valence electrons. The van der Waals surface area contributed by atoms with Gasteiger partial charge in [0.2, 0.25) is 5.91 Å². The van der Waals surface area contributed by atoms with Crippen LogP contribution in [-0.2, 0) is 11.2 Å². The first kappa shape index (κ1) is 17.7. The van der Waals surface area contributed by atoms with Crippen molar-refractivity contribution in [3.8, 4) is 11.3 Å². The van der Waals surface area contributed by atoms with Crippen LogP contribution in [-0.4, -0.2) is 5.91 Å². The maximum atomic E-state index is 12.6. The van der Waals surface area contributed by atoms with Crippen molar-refractivity contribution in [1.82, 2.24) is 0 Å². The van der Waals surface area contributed by atoms with Gasteiger partial charge in [-0.25, -0.2) is 0 Å². The number of fused-ring (bicyclic) bond motifs is 1. The highest BCUT2D eigenvalue weighted by molar-refractivity contribution is 5.94. The smallest absolute Gasteiger partial charge is 0.228 e. The fourth-order valence-corrected chi connectivity index (χ4v) is 3.08. The summed E-state index contributed by atoms with van der Waals surface area (Å²) >= 11 is 0. The van der Waals surface area contributed by atoms with E-state index in [0.29, 0.717) is 22.4 Å². The second kappa shape index (κ2) is 7.53. The summed E-state index contributed by atoms with van der Waals surface area (Å²) in [5.41, 5.74) is 3.85. The minimum Gasteiger partial charge on any atom is -0.456 e. The van der Waals surface area contributed by atoms with Crippen LogP contribution in [0.1, 0.15) is 11.1 Å². The van der Waals surface area contributed by atoms with Crippen molar-refractivity contribution in [2.75, 3.05) is 5.32 Å². The fourth-order valence-electron chi connectivity index (χ4n) is 3.08. The Labute approximate surface area is 162 Å². The molecule has 0 spiro atoms. The predicted molar refractivity (Wildman–Crippen MR) is 111 cm³/mol. The first-order chi connectivity index (χ1) is 13.6. The van der Waals surface area contributed by atoms with Crippen LogP contribution in [0.2, 0.25) is 0 Å². The zero-order valence-corrected chi connectivity index (χ0v) is 15.4. The predicted octanol–water partition coefficient (Wildman–Crippen LogP) is 4.95. The summed E-state index contributed by atoms with van der Waals surface area (Å²) in [5, 5.41) is 3.28. The second-order valence-electron chi connectivity index (χ2n) is 6.76. The van der Waals surface area contributed by atoms with Crippen LogP contribution >= 0.6 is 0 Å². The van der Waals surface area contributed by atoms with Gasteiger partial charge in [-0.05, 0) is 30.7 Å². The van der Waals surface area contributed by atoms with E-state index in [1.54, 1.807) is 18.2 Å². The Morgan fingerprint density at radius 1 is 0.929 bits per heavy atom. The van der Waals surface area contributed by atoms with E-state index in [2.05, 4.69) is 5.32 Å². The standard InChI is InChI=1S/C24H19NO3/c1-16-7-9-18(10-8-16)23-15-21(26)20-14-19(11-12-22(20)28-23)25-24(27)13-17-5-3-2-4-6-17/h2-12,14-15H,13H2,1H3,(H,25,27). The summed E-state index contributed by atoms with van der Waals surface area (Å²) in [4.78, 5) is 24.9. The molecule has 0 atom stereocenters. The van der Waals surface area contributed by atoms with E-state index in [-0.39, 0.29) is 17.8 Å². The molecule has 0 aliphatic carbocycles. The Kier molecular flexibility index (Phi) is 4.77. The number of rotatable bonds is 4. The molecular weight excluding hydrogens is 350 g/mol. The fraction of sp³-hybridized carbons (Fsp3) is 0.0833. The number of carbonyl (C=O) groups is 1. The average Bonchev–Trinajstić information content (AvgIpc) is 2.69. The molecule has 4 aromatic rings. The molecule has 0 radical (unpaired) electrons. The SMILES string of the molecule is Cc1ccc(-c2cc(=O)c3cc(NC(=O)Cc4ccccc4)ccc3o2)cc1. The molecule has 1 N–H and O–H groups in total. The lowest BCUT2D eigenvalue weighted by molar-refractivity contribution is -0.115. The van der Waals surface area contributed by atoms with Crippen LogP contribution in [0.5, 0.6) is 0 Å². The molecule has 0 saturated heterocycles. The van der Waals surface area contributed by atoms with Crippen molar-refractivity contribution >= 4 is 22.6 Å². The van der Waals surface area contributed by atoms with Crippen molar-refractivity contribution in [3.05, 3.63) is 100 Å². The van der Waals surface area contributed by atoms with Gasteiger partial charge in [0, 0.05) is 17.3 Å². The highest BCUT2D eigenvalue weighted by Gasteiger charge is 2.10. The number of aryl methyl sites for hydroxylation is 1. The van der Waals surface area contributed by atoms with Crippen LogP contribution in [0.4, 0.5) is 5.69 Å². The third kappa shape index (κ3) is 3.86. The van der Waals surface area contributed by atoms with E-state index in [0.717, 1.165) is 16.7 Å². The summed E-state index contributed by atoms with van der Waals surface area (Å²) in [6, 6.07) is 23.9. The van der Waals surface area contributed by atoms with E-state index in [9.17, 15) is 9.59 Å². The van der Waals surface area contributed by atoms with Crippen molar-refractivity contribution in [3.63, 3.8) is 0 Å². The van der Waals surface area contributed by atoms with Crippen molar-refractivity contribution in [1.29, 1.82) is 0 Å². The second-order valence-corrected chi connectivity index (χ2v) is 6.76. The first-order valence-electron chi connectivity index (χ1n) is 9.07. The van der Waals surface area contributed by atoms with E-state index >= 15 is 0 Å². The van der Waals surface area contributed by atoms with Gasteiger partial charge in [0.1, 0.15) is 11.3 Å². The Morgan fingerprint density at radius 2 is 1.68 bits per heavy atom. The van der Waals surface area contributed by atoms with Crippen molar-refractivity contribution in [2.24, 2.45) is 0 Å². The molecule has 4 nitrogen and oxygen atoms in total. The monoisotopic (exact) mass is 369 g/mol. The van der Waals surface area contributed by atoms with Gasteiger partial charge in [-0.2, -0.15) is 0 Å².